The van der Waals surface area contributed by atoms with Gasteiger partial charge in [0.2, 0.25) is 0 Å². The number of rotatable bonds is 2. The molecule has 0 atom stereocenters. The van der Waals surface area contributed by atoms with Crippen LogP contribution in [0.2, 0.25) is 0 Å². The molecule has 0 aliphatic heterocycles. The van der Waals surface area contributed by atoms with Gasteiger partial charge in [0, 0.05) is 0 Å². The first-order valence-corrected chi connectivity index (χ1v) is 1.67. The zero-order valence-electron chi connectivity index (χ0n) is 3.72. The van der Waals surface area contributed by atoms with Gasteiger partial charge in [-0.05, 0) is 12.4 Å². The maximum absolute atomic E-state index is 9.60. The predicted molar refractivity (Wildman–Crippen MR) is 25.6 cm³/mol. The third-order valence-electron chi connectivity index (χ3n) is 0.326. The van der Waals surface area contributed by atoms with Crippen LogP contribution in [0.15, 0.2) is 11.6 Å². The number of carbonyl (C=O) groups is 1. The molecule has 0 aromatic heterocycles. The van der Waals surface area contributed by atoms with Crippen molar-refractivity contribution in [2.45, 2.75) is 0 Å². The topological polar surface area (TPSA) is 49.7 Å². The maximum Gasteiger partial charge on any atom is 0.326 e. The Hall–Kier alpha value is -1.08. The van der Waals surface area contributed by atoms with Crippen LogP contribution in [0.25, 0.3) is 0 Å². The number of aliphatic imine (C=N–C) groups is 1. The average Bonchev–Trinajstić information content (AvgIpc) is 1.61. The van der Waals surface area contributed by atoms with Gasteiger partial charge in [0.15, 0.2) is 0 Å². The van der Waals surface area contributed by atoms with Crippen molar-refractivity contribution >= 4 is 11.8 Å². The number of aliphatic carboxylic acids is 1. The van der Waals surface area contributed by atoms with Crippen molar-refractivity contribution in [2.75, 3.05) is 6.54 Å². The van der Waals surface area contributed by atoms with Crippen molar-refractivity contribution in [3.63, 3.8) is 0 Å². The van der Waals surface area contributed by atoms with Crippen LogP contribution in [0.5, 0.6) is 0 Å². The van der Waals surface area contributed by atoms with Crippen molar-refractivity contribution in [1.82, 2.24) is 0 Å². The van der Waals surface area contributed by atoms with Crippen molar-refractivity contribution in [2.24, 2.45) is 4.99 Å². The lowest BCUT2D eigenvalue weighted by Gasteiger charge is -1.75. The van der Waals surface area contributed by atoms with Gasteiger partial charge in [-0.1, -0.05) is 0 Å². The minimum absolute atomic E-state index is 0.233. The minimum atomic E-state index is -0.962. The van der Waals surface area contributed by atoms with Gasteiger partial charge in [-0.2, -0.15) is 0 Å². The highest BCUT2D eigenvalue weighted by atomic mass is 16.4. The third-order valence-corrected chi connectivity index (χ3v) is 0.326. The highest BCUT2D eigenvalue weighted by molar-refractivity contribution is 5.70. The number of hydrogen-bond acceptors (Lipinski definition) is 2. The SMILES string of the molecule is C=C=NCC(=O)O. The summed E-state index contributed by atoms with van der Waals surface area (Å²) in [6.45, 7) is 2.84. The number of carboxylic acid groups (broad SMARTS) is 1. The van der Waals surface area contributed by atoms with Crippen LogP contribution < -0.4 is 0 Å². The molecule has 1 N–H and O–H groups in total. The molecule has 3 nitrogen and oxygen atoms in total. The van der Waals surface area contributed by atoms with Gasteiger partial charge in [-0.15, -0.1) is 0 Å². The molecule has 0 saturated carbocycles. The standard InChI is InChI=1S/C4H5NO2/c1-2-5-3-4(6)7/h1,3H2,(H,6,7). The largest absolute Gasteiger partial charge is 0.480 e. The smallest absolute Gasteiger partial charge is 0.326 e. The zero-order valence-corrected chi connectivity index (χ0v) is 3.72. The number of carboxylic acids is 1. The zero-order chi connectivity index (χ0) is 5.70. The van der Waals surface area contributed by atoms with E-state index in [1.165, 1.54) is 0 Å². The summed E-state index contributed by atoms with van der Waals surface area (Å²) in [6.07, 6.45) is 0. The highest BCUT2D eigenvalue weighted by Gasteiger charge is 1.86. The molecule has 0 aliphatic carbocycles. The molecule has 0 aromatic carbocycles. The van der Waals surface area contributed by atoms with Crippen molar-refractivity contribution in [3.8, 4) is 0 Å². The normalized spacial score (nSPS) is 6.86. The van der Waals surface area contributed by atoms with Crippen LogP contribution in [0.4, 0.5) is 0 Å². The second-order valence-corrected chi connectivity index (χ2v) is 0.868. The van der Waals surface area contributed by atoms with Gasteiger partial charge in [-0.3, -0.25) is 4.79 Å². The van der Waals surface area contributed by atoms with Gasteiger partial charge >= 0.3 is 5.97 Å². The van der Waals surface area contributed by atoms with Gasteiger partial charge < -0.3 is 5.11 Å². The molecule has 0 heterocycles. The van der Waals surface area contributed by atoms with E-state index in [2.05, 4.69) is 17.4 Å². The summed E-state index contributed by atoms with van der Waals surface area (Å²) in [6, 6.07) is 0. The molecule has 0 unspecified atom stereocenters. The molecule has 0 saturated heterocycles. The van der Waals surface area contributed by atoms with Gasteiger partial charge in [0.05, 0.1) is 0 Å². The van der Waals surface area contributed by atoms with Gasteiger partial charge in [-0.25, -0.2) is 4.99 Å². The summed E-state index contributed by atoms with van der Waals surface area (Å²) in [4.78, 5) is 12.8. The van der Waals surface area contributed by atoms with Crippen LogP contribution in [-0.4, -0.2) is 23.5 Å². The minimum Gasteiger partial charge on any atom is -0.480 e. The molecule has 0 rings (SSSR count). The molecule has 0 spiro atoms. The second-order valence-electron chi connectivity index (χ2n) is 0.868. The summed E-state index contributed by atoms with van der Waals surface area (Å²) in [5.41, 5.74) is 0. The fourth-order valence-corrected chi connectivity index (χ4v) is 0.124. The molecule has 38 valence electrons. The molecule has 0 aromatic rings. The van der Waals surface area contributed by atoms with E-state index in [1.54, 1.807) is 0 Å². The Morgan fingerprint density at radius 3 is 2.71 bits per heavy atom. The maximum atomic E-state index is 9.60. The van der Waals surface area contributed by atoms with E-state index in [9.17, 15) is 4.79 Å². The summed E-state index contributed by atoms with van der Waals surface area (Å²) in [5, 5.41) is 7.88. The van der Waals surface area contributed by atoms with Crippen LogP contribution in [0.3, 0.4) is 0 Å². The van der Waals surface area contributed by atoms with Gasteiger partial charge in [0.25, 0.3) is 0 Å². The fraction of sp³-hybridized carbons (Fsp3) is 0.250. The molecular weight excluding hydrogens is 94.0 g/mol. The van der Waals surface area contributed by atoms with E-state index < -0.39 is 5.97 Å². The average molecular weight is 99.1 g/mol. The number of hydrogen-bond donors (Lipinski definition) is 1. The molecule has 0 fully saturated rings. The Morgan fingerprint density at radius 1 is 2.00 bits per heavy atom. The van der Waals surface area contributed by atoms with Gasteiger partial charge in [0.1, 0.15) is 6.54 Å². The highest BCUT2D eigenvalue weighted by Crippen LogP contribution is 1.62. The Balaban J connectivity index is 3.32. The quantitative estimate of drug-likeness (QED) is 0.492. The lowest BCUT2D eigenvalue weighted by atomic mass is 10.7. The van der Waals surface area contributed by atoms with Crippen molar-refractivity contribution in [1.29, 1.82) is 0 Å². The van der Waals surface area contributed by atoms with Crippen LogP contribution in [0, 0.1) is 0 Å². The number of nitrogens with zero attached hydrogens (tertiary/aromatic N) is 1. The predicted octanol–water partition coefficient (Wildman–Crippen LogP) is -0.0733. The molecule has 0 radical (unpaired) electrons. The summed E-state index contributed by atoms with van der Waals surface area (Å²) in [7, 11) is 0. The first-order valence-electron chi connectivity index (χ1n) is 1.67. The van der Waals surface area contributed by atoms with E-state index in [4.69, 9.17) is 5.11 Å². The first kappa shape index (κ1) is 5.92. The first-order chi connectivity index (χ1) is 3.27. The van der Waals surface area contributed by atoms with E-state index in [1.807, 2.05) is 0 Å². The Morgan fingerprint density at radius 2 is 2.57 bits per heavy atom. The van der Waals surface area contributed by atoms with E-state index in [-0.39, 0.29) is 6.54 Å². The Kier molecular flexibility index (Phi) is 2.64. The van der Waals surface area contributed by atoms with Crippen LogP contribution >= 0.6 is 0 Å². The van der Waals surface area contributed by atoms with E-state index in [0.717, 1.165) is 0 Å². The third kappa shape index (κ3) is 4.92. The summed E-state index contributed by atoms with van der Waals surface area (Å²) >= 11 is 0. The molecule has 0 amide bonds. The van der Waals surface area contributed by atoms with Crippen molar-refractivity contribution < 1.29 is 9.90 Å². The lowest BCUT2D eigenvalue weighted by molar-refractivity contribution is -0.135. The summed E-state index contributed by atoms with van der Waals surface area (Å²) < 4.78 is 0. The van der Waals surface area contributed by atoms with Crippen molar-refractivity contribution in [3.05, 3.63) is 6.58 Å². The molecule has 7 heavy (non-hydrogen) atoms. The Labute approximate surface area is 41.0 Å². The lowest BCUT2D eigenvalue weighted by Crippen LogP contribution is -1.97. The molecule has 0 bridgehead atoms. The molecule has 0 aliphatic rings. The molecular formula is C4H5NO2. The van der Waals surface area contributed by atoms with E-state index in [0.29, 0.717) is 0 Å². The molecule has 3 heteroatoms. The van der Waals surface area contributed by atoms with Crippen LogP contribution in [0.1, 0.15) is 0 Å². The summed E-state index contributed by atoms with van der Waals surface area (Å²) in [5.74, 6) is 1.13. The second kappa shape index (κ2) is 3.12. The fourth-order valence-electron chi connectivity index (χ4n) is 0.124. The monoisotopic (exact) mass is 99.0 g/mol. The Bertz CT molecular complexity index is 113. The van der Waals surface area contributed by atoms with E-state index >= 15 is 0 Å². The van der Waals surface area contributed by atoms with Crippen LogP contribution in [-0.2, 0) is 4.79 Å².